The van der Waals surface area contributed by atoms with Crippen molar-refractivity contribution in [2.45, 2.75) is 37.4 Å². The van der Waals surface area contributed by atoms with E-state index in [1.54, 1.807) is 0 Å². The molecule has 0 unspecified atom stereocenters. The molecule has 6 rings (SSSR count). The third-order valence-electron chi connectivity index (χ3n) is 8.41. The van der Waals surface area contributed by atoms with Crippen LogP contribution in [0.5, 0.6) is 0 Å². The van der Waals surface area contributed by atoms with E-state index < -0.39 is 5.54 Å². The van der Waals surface area contributed by atoms with E-state index in [9.17, 15) is 4.79 Å². The molecule has 37 heavy (non-hydrogen) atoms. The molecular weight excluding hydrogens is 452 g/mol. The summed E-state index contributed by atoms with van der Waals surface area (Å²) in [5.41, 5.74) is 3.68. The van der Waals surface area contributed by atoms with Crippen molar-refractivity contribution in [1.82, 2.24) is 10.2 Å². The van der Waals surface area contributed by atoms with E-state index >= 15 is 0 Å². The van der Waals surface area contributed by atoms with E-state index in [0.29, 0.717) is 11.8 Å². The van der Waals surface area contributed by atoms with Crippen molar-refractivity contribution in [2.24, 2.45) is 11.8 Å². The second-order valence-corrected chi connectivity index (χ2v) is 10.6. The van der Waals surface area contributed by atoms with Crippen molar-refractivity contribution in [3.05, 3.63) is 144 Å². The van der Waals surface area contributed by atoms with Gasteiger partial charge in [0.05, 0.1) is 6.04 Å². The summed E-state index contributed by atoms with van der Waals surface area (Å²) in [6, 6.07) is 41.7. The molecule has 3 heteroatoms. The molecule has 1 amide bonds. The number of benzene rings is 4. The number of carbonyl (C=O) groups excluding carboxylic acids is 1. The Balaban J connectivity index is 1.44. The van der Waals surface area contributed by atoms with Crippen LogP contribution >= 0.6 is 0 Å². The summed E-state index contributed by atoms with van der Waals surface area (Å²) in [6.07, 6.45) is 3.57. The van der Waals surface area contributed by atoms with Gasteiger partial charge in [0.1, 0.15) is 5.54 Å². The van der Waals surface area contributed by atoms with Crippen molar-refractivity contribution in [2.75, 3.05) is 6.54 Å². The minimum Gasteiger partial charge on any atom is -0.337 e. The average Bonchev–Trinajstić information content (AvgIpc) is 3.55. The van der Waals surface area contributed by atoms with Crippen molar-refractivity contribution >= 4 is 5.91 Å². The smallest absolute Gasteiger partial charge is 0.238 e. The summed E-state index contributed by atoms with van der Waals surface area (Å²) < 4.78 is 0. The van der Waals surface area contributed by atoms with Crippen molar-refractivity contribution in [3.63, 3.8) is 0 Å². The molecule has 3 nitrogen and oxygen atoms in total. The summed E-state index contributed by atoms with van der Waals surface area (Å²) in [4.78, 5) is 17.0. The van der Waals surface area contributed by atoms with Gasteiger partial charge in [0.2, 0.25) is 5.91 Å². The van der Waals surface area contributed by atoms with Gasteiger partial charge in [-0.1, -0.05) is 128 Å². The van der Waals surface area contributed by atoms with Crippen LogP contribution in [0.4, 0.5) is 0 Å². The zero-order valence-corrected chi connectivity index (χ0v) is 21.2. The molecular formula is C34H34N2O. The van der Waals surface area contributed by atoms with Crippen LogP contribution in [0.1, 0.15) is 41.5 Å². The molecule has 2 fully saturated rings. The van der Waals surface area contributed by atoms with E-state index in [4.69, 9.17) is 0 Å². The fourth-order valence-corrected chi connectivity index (χ4v) is 6.77. The largest absolute Gasteiger partial charge is 0.337 e. The van der Waals surface area contributed by atoms with Crippen molar-refractivity contribution < 1.29 is 4.79 Å². The van der Waals surface area contributed by atoms with Crippen molar-refractivity contribution in [3.8, 4) is 0 Å². The number of rotatable bonds is 7. The molecule has 2 aliphatic rings. The summed E-state index contributed by atoms with van der Waals surface area (Å²) in [7, 11) is 0. The molecule has 0 spiro atoms. The minimum absolute atomic E-state index is 0.127. The Kier molecular flexibility index (Phi) is 6.63. The van der Waals surface area contributed by atoms with E-state index in [1.165, 1.54) is 18.4 Å². The number of hydrogen-bond donors (Lipinski definition) is 1. The predicted octanol–water partition coefficient (Wildman–Crippen LogP) is 6.40. The van der Waals surface area contributed by atoms with E-state index in [0.717, 1.165) is 36.2 Å². The first-order chi connectivity index (χ1) is 18.3. The Morgan fingerprint density at radius 3 is 1.70 bits per heavy atom. The quantitative estimate of drug-likeness (QED) is 0.307. The van der Waals surface area contributed by atoms with Crippen LogP contribution in [0, 0.1) is 11.8 Å². The zero-order chi connectivity index (χ0) is 25.1. The highest BCUT2D eigenvalue weighted by Gasteiger charge is 2.49. The van der Waals surface area contributed by atoms with Crippen LogP contribution < -0.4 is 5.32 Å². The molecule has 1 aliphatic carbocycles. The number of nitrogens with one attached hydrogen (secondary N) is 1. The Morgan fingerprint density at radius 1 is 0.703 bits per heavy atom. The second kappa shape index (κ2) is 10.4. The van der Waals surface area contributed by atoms with Gasteiger partial charge < -0.3 is 5.32 Å². The highest BCUT2D eigenvalue weighted by atomic mass is 16.2. The first-order valence-electron chi connectivity index (χ1n) is 13.5. The third-order valence-corrected chi connectivity index (χ3v) is 8.41. The number of hydrogen-bond acceptors (Lipinski definition) is 2. The molecule has 1 heterocycles. The summed E-state index contributed by atoms with van der Waals surface area (Å²) >= 11 is 0. The molecule has 4 aromatic rings. The van der Waals surface area contributed by atoms with Gasteiger partial charge in [-0.05, 0) is 46.9 Å². The van der Waals surface area contributed by atoms with Gasteiger partial charge in [-0.15, -0.1) is 0 Å². The standard InChI is InChI=1S/C34H34N2O/c37-33(32-31-23-13-16-27(31)25-36(32)24-26-14-5-1-6-15-26)35-34(28-17-7-2-8-18-28,29-19-9-3-10-20-29)30-21-11-4-12-22-30/h1-12,14-15,17-22,27,31-32H,13,16,23-25H2,(H,35,37)/t27-,31-,32-/m0/s1. The fraction of sp³-hybridized carbons (Fsp3) is 0.265. The van der Waals surface area contributed by atoms with E-state index in [2.05, 4.69) is 113 Å². The van der Waals surface area contributed by atoms with Crippen LogP contribution in [0.15, 0.2) is 121 Å². The highest BCUT2D eigenvalue weighted by Crippen LogP contribution is 2.44. The lowest BCUT2D eigenvalue weighted by atomic mass is 9.76. The van der Waals surface area contributed by atoms with Gasteiger partial charge in [-0.2, -0.15) is 0 Å². The molecule has 1 saturated heterocycles. The molecule has 1 saturated carbocycles. The van der Waals surface area contributed by atoms with E-state index in [-0.39, 0.29) is 11.9 Å². The normalized spacial score (nSPS) is 21.5. The number of nitrogens with zero attached hydrogens (tertiary/aromatic N) is 1. The topological polar surface area (TPSA) is 32.3 Å². The van der Waals surface area contributed by atoms with E-state index in [1.807, 2.05) is 18.2 Å². The lowest BCUT2D eigenvalue weighted by molar-refractivity contribution is -0.128. The van der Waals surface area contributed by atoms with Gasteiger partial charge in [0.25, 0.3) is 0 Å². The average molecular weight is 487 g/mol. The molecule has 4 aromatic carbocycles. The first-order valence-corrected chi connectivity index (χ1v) is 13.5. The number of carbonyl (C=O) groups is 1. The Morgan fingerprint density at radius 2 is 1.19 bits per heavy atom. The first kappa shape index (κ1) is 23.7. The summed E-state index contributed by atoms with van der Waals surface area (Å²) in [5, 5.41) is 3.67. The second-order valence-electron chi connectivity index (χ2n) is 10.6. The minimum atomic E-state index is -0.782. The van der Waals surface area contributed by atoms with Gasteiger partial charge >= 0.3 is 0 Å². The maximum absolute atomic E-state index is 14.6. The van der Waals surface area contributed by atoms with Gasteiger partial charge in [-0.25, -0.2) is 0 Å². The Bertz CT molecular complexity index is 1210. The van der Waals surface area contributed by atoms with Crippen LogP contribution in [0.2, 0.25) is 0 Å². The SMILES string of the molecule is O=C(NC(c1ccccc1)(c1ccccc1)c1ccccc1)[C@@H]1[C@H]2CCC[C@H]2CN1Cc1ccccc1. The van der Waals surface area contributed by atoms with Crippen LogP contribution in [-0.4, -0.2) is 23.4 Å². The number of fused-ring (bicyclic) bond motifs is 1. The maximum Gasteiger partial charge on any atom is 0.238 e. The van der Waals surface area contributed by atoms with Crippen LogP contribution in [-0.2, 0) is 16.9 Å². The molecule has 1 aliphatic heterocycles. The molecule has 3 atom stereocenters. The Hall–Kier alpha value is -3.69. The molecule has 186 valence electrons. The van der Waals surface area contributed by atoms with Gasteiger partial charge in [0, 0.05) is 13.1 Å². The molecule has 0 aromatic heterocycles. The number of amides is 1. The van der Waals surface area contributed by atoms with Crippen molar-refractivity contribution in [1.29, 1.82) is 0 Å². The summed E-state index contributed by atoms with van der Waals surface area (Å²) in [5.74, 6) is 1.13. The van der Waals surface area contributed by atoms with Crippen LogP contribution in [0.25, 0.3) is 0 Å². The molecule has 0 radical (unpaired) electrons. The van der Waals surface area contributed by atoms with Crippen LogP contribution in [0.3, 0.4) is 0 Å². The Labute approximate surface area is 220 Å². The summed E-state index contributed by atoms with van der Waals surface area (Å²) in [6.45, 7) is 1.80. The number of likely N-dealkylation sites (tertiary alicyclic amines) is 1. The third kappa shape index (κ3) is 4.49. The predicted molar refractivity (Wildman–Crippen MR) is 149 cm³/mol. The zero-order valence-electron chi connectivity index (χ0n) is 21.2. The molecule has 0 bridgehead atoms. The molecule has 1 N–H and O–H groups in total. The van der Waals surface area contributed by atoms with Gasteiger partial charge in [0.15, 0.2) is 0 Å². The lowest BCUT2D eigenvalue weighted by Crippen LogP contribution is -2.55. The monoisotopic (exact) mass is 486 g/mol. The fourth-order valence-electron chi connectivity index (χ4n) is 6.77. The van der Waals surface area contributed by atoms with Gasteiger partial charge in [-0.3, -0.25) is 9.69 Å². The maximum atomic E-state index is 14.6. The highest BCUT2D eigenvalue weighted by molar-refractivity contribution is 5.85. The lowest BCUT2D eigenvalue weighted by Gasteiger charge is -2.39.